The molecule has 0 fully saturated rings. The predicted octanol–water partition coefficient (Wildman–Crippen LogP) is 3.42. The molecule has 4 nitrogen and oxygen atoms in total. The molecule has 2 aromatic rings. The van der Waals surface area contributed by atoms with Crippen molar-refractivity contribution >= 4 is 17.6 Å². The molecule has 0 saturated carbocycles. The lowest BCUT2D eigenvalue weighted by molar-refractivity contribution is -0.145. The highest BCUT2D eigenvalue weighted by Gasteiger charge is 2.20. The van der Waals surface area contributed by atoms with Gasteiger partial charge in [0.2, 0.25) is 0 Å². The highest BCUT2D eigenvalue weighted by molar-refractivity contribution is 6.30. The lowest BCUT2D eigenvalue weighted by Gasteiger charge is -2.15. The monoisotopic (exact) mass is 306 g/mol. The van der Waals surface area contributed by atoms with Crippen LogP contribution in [-0.2, 0) is 11.2 Å². The fourth-order valence-electron chi connectivity index (χ4n) is 1.90. The molecule has 0 aliphatic heterocycles. The van der Waals surface area contributed by atoms with Crippen LogP contribution < -0.4 is 9.47 Å². The number of hydrogen-bond donors (Lipinski definition) is 1. The molecule has 0 unspecified atom stereocenters. The summed E-state index contributed by atoms with van der Waals surface area (Å²) in [6.07, 6.45) is -0.755. The number of carbonyl (C=O) groups is 1. The van der Waals surface area contributed by atoms with E-state index in [9.17, 15) is 9.90 Å². The molecule has 0 bridgehead atoms. The van der Waals surface area contributed by atoms with E-state index < -0.39 is 12.1 Å². The van der Waals surface area contributed by atoms with Crippen LogP contribution >= 0.6 is 11.6 Å². The highest BCUT2D eigenvalue weighted by atomic mass is 35.5. The molecular formula is C16H15ClO4. The van der Waals surface area contributed by atoms with Gasteiger partial charge in [-0.05, 0) is 35.9 Å². The standard InChI is InChI=1S/C16H15ClO4/c1-20-13-6-2-4-11(8-13)9-15(16(18)19)21-14-7-3-5-12(17)10-14/h2-8,10,15H,9H2,1H3,(H,18,19)/t15-/m0/s1. The Morgan fingerprint density at radius 1 is 1.19 bits per heavy atom. The first-order chi connectivity index (χ1) is 10.1. The van der Waals surface area contributed by atoms with Gasteiger partial charge >= 0.3 is 5.97 Å². The molecular weight excluding hydrogens is 292 g/mol. The molecule has 2 rings (SSSR count). The van der Waals surface area contributed by atoms with Crippen molar-refractivity contribution in [2.45, 2.75) is 12.5 Å². The lowest BCUT2D eigenvalue weighted by atomic mass is 10.1. The van der Waals surface area contributed by atoms with Crippen molar-refractivity contribution in [2.24, 2.45) is 0 Å². The van der Waals surface area contributed by atoms with E-state index in [-0.39, 0.29) is 6.42 Å². The molecule has 0 aliphatic carbocycles. The van der Waals surface area contributed by atoms with Crippen LogP contribution in [-0.4, -0.2) is 24.3 Å². The van der Waals surface area contributed by atoms with E-state index in [1.54, 1.807) is 43.5 Å². The number of benzene rings is 2. The first-order valence-corrected chi connectivity index (χ1v) is 6.74. The highest BCUT2D eigenvalue weighted by Crippen LogP contribution is 2.20. The molecule has 0 spiro atoms. The summed E-state index contributed by atoms with van der Waals surface area (Å²) in [5.74, 6) is 0.0787. The van der Waals surface area contributed by atoms with Crippen LogP contribution in [0.5, 0.6) is 11.5 Å². The average Bonchev–Trinajstić information content (AvgIpc) is 2.47. The van der Waals surface area contributed by atoms with E-state index in [2.05, 4.69) is 0 Å². The van der Waals surface area contributed by atoms with E-state index in [0.29, 0.717) is 16.5 Å². The van der Waals surface area contributed by atoms with Gasteiger partial charge in [-0.15, -0.1) is 0 Å². The minimum Gasteiger partial charge on any atom is -0.497 e. The minimum absolute atomic E-state index is 0.235. The van der Waals surface area contributed by atoms with Crippen LogP contribution in [0, 0.1) is 0 Å². The van der Waals surface area contributed by atoms with Crippen LogP contribution in [0.1, 0.15) is 5.56 Å². The second kappa shape index (κ2) is 6.99. The SMILES string of the molecule is COc1cccc(C[C@H](Oc2cccc(Cl)c2)C(=O)O)c1. The van der Waals surface area contributed by atoms with Crippen molar-refractivity contribution in [3.05, 3.63) is 59.1 Å². The van der Waals surface area contributed by atoms with E-state index in [0.717, 1.165) is 5.56 Å². The van der Waals surface area contributed by atoms with E-state index in [4.69, 9.17) is 21.1 Å². The molecule has 0 radical (unpaired) electrons. The summed E-state index contributed by atoms with van der Waals surface area (Å²) < 4.78 is 10.6. The number of hydrogen-bond acceptors (Lipinski definition) is 3. The zero-order valence-corrected chi connectivity index (χ0v) is 12.2. The first-order valence-electron chi connectivity index (χ1n) is 6.36. The number of aliphatic carboxylic acids is 1. The summed E-state index contributed by atoms with van der Waals surface area (Å²) in [6.45, 7) is 0. The Morgan fingerprint density at radius 3 is 2.57 bits per heavy atom. The zero-order valence-electron chi connectivity index (χ0n) is 11.5. The van der Waals surface area contributed by atoms with Crippen LogP contribution in [0.2, 0.25) is 5.02 Å². The van der Waals surface area contributed by atoms with Crippen molar-refractivity contribution in [1.29, 1.82) is 0 Å². The molecule has 21 heavy (non-hydrogen) atoms. The maximum absolute atomic E-state index is 11.4. The number of carboxylic acids is 1. The molecule has 2 aromatic carbocycles. The molecule has 0 aliphatic rings. The fraction of sp³-hybridized carbons (Fsp3) is 0.188. The van der Waals surface area contributed by atoms with Gasteiger partial charge in [-0.2, -0.15) is 0 Å². The molecule has 0 saturated heterocycles. The van der Waals surface area contributed by atoms with E-state index >= 15 is 0 Å². The molecule has 1 atom stereocenters. The summed E-state index contributed by atoms with van der Waals surface area (Å²) in [5, 5.41) is 9.80. The van der Waals surface area contributed by atoms with Crippen molar-refractivity contribution < 1.29 is 19.4 Å². The Hall–Kier alpha value is -2.20. The van der Waals surface area contributed by atoms with Gasteiger partial charge in [-0.3, -0.25) is 0 Å². The smallest absolute Gasteiger partial charge is 0.345 e. The Labute approximate surface area is 127 Å². The predicted molar refractivity (Wildman–Crippen MR) is 80.2 cm³/mol. The second-order valence-corrected chi connectivity index (χ2v) is 4.89. The van der Waals surface area contributed by atoms with Gasteiger partial charge in [-0.25, -0.2) is 4.79 Å². The van der Waals surface area contributed by atoms with E-state index in [1.807, 2.05) is 12.1 Å². The van der Waals surface area contributed by atoms with Crippen LogP contribution in [0.3, 0.4) is 0 Å². The van der Waals surface area contributed by atoms with Gasteiger partial charge in [0.05, 0.1) is 7.11 Å². The maximum atomic E-state index is 11.4. The Kier molecular flexibility index (Phi) is 5.06. The number of ether oxygens (including phenoxy) is 2. The quantitative estimate of drug-likeness (QED) is 0.888. The van der Waals surface area contributed by atoms with Crippen LogP contribution in [0.4, 0.5) is 0 Å². The van der Waals surface area contributed by atoms with Gasteiger partial charge in [0, 0.05) is 11.4 Å². The van der Waals surface area contributed by atoms with Gasteiger partial charge < -0.3 is 14.6 Å². The number of carboxylic acid groups (broad SMARTS) is 1. The summed E-state index contributed by atoms with van der Waals surface area (Å²) in [7, 11) is 1.57. The van der Waals surface area contributed by atoms with Gasteiger partial charge in [0.25, 0.3) is 0 Å². The molecule has 5 heteroatoms. The van der Waals surface area contributed by atoms with E-state index in [1.165, 1.54) is 0 Å². The topological polar surface area (TPSA) is 55.8 Å². The largest absolute Gasteiger partial charge is 0.497 e. The number of halogens is 1. The number of rotatable bonds is 6. The minimum atomic E-state index is -1.03. The van der Waals surface area contributed by atoms with Crippen LogP contribution in [0.25, 0.3) is 0 Å². The zero-order chi connectivity index (χ0) is 15.2. The lowest BCUT2D eigenvalue weighted by Crippen LogP contribution is -2.29. The van der Waals surface area contributed by atoms with Crippen molar-refractivity contribution in [3.63, 3.8) is 0 Å². The third-order valence-corrected chi connectivity index (χ3v) is 3.14. The molecule has 1 N–H and O–H groups in total. The third kappa shape index (κ3) is 4.39. The van der Waals surface area contributed by atoms with Crippen molar-refractivity contribution in [1.82, 2.24) is 0 Å². The normalized spacial score (nSPS) is 11.7. The molecule has 0 aromatic heterocycles. The third-order valence-electron chi connectivity index (χ3n) is 2.91. The Morgan fingerprint density at radius 2 is 1.90 bits per heavy atom. The van der Waals surface area contributed by atoms with Gasteiger partial charge in [0.1, 0.15) is 11.5 Å². The second-order valence-electron chi connectivity index (χ2n) is 4.46. The van der Waals surface area contributed by atoms with Gasteiger partial charge in [0.15, 0.2) is 6.10 Å². The molecule has 0 heterocycles. The van der Waals surface area contributed by atoms with Crippen molar-refractivity contribution in [3.8, 4) is 11.5 Å². The fourth-order valence-corrected chi connectivity index (χ4v) is 2.08. The molecule has 0 amide bonds. The average molecular weight is 307 g/mol. The van der Waals surface area contributed by atoms with Crippen molar-refractivity contribution in [2.75, 3.05) is 7.11 Å². The summed E-state index contributed by atoms with van der Waals surface area (Å²) >= 11 is 5.86. The first kappa shape index (κ1) is 15.2. The summed E-state index contributed by atoms with van der Waals surface area (Å²) in [5.41, 5.74) is 0.823. The summed E-state index contributed by atoms with van der Waals surface area (Å²) in [6, 6.07) is 13.9. The summed E-state index contributed by atoms with van der Waals surface area (Å²) in [4.78, 5) is 11.4. The number of methoxy groups -OCH3 is 1. The Balaban J connectivity index is 2.13. The maximum Gasteiger partial charge on any atom is 0.345 e. The van der Waals surface area contributed by atoms with Crippen LogP contribution in [0.15, 0.2) is 48.5 Å². The van der Waals surface area contributed by atoms with Gasteiger partial charge in [-0.1, -0.05) is 29.8 Å². The Bertz CT molecular complexity index is 627. The molecule has 110 valence electrons.